The summed E-state index contributed by atoms with van der Waals surface area (Å²) in [7, 11) is 2.21. The fraction of sp³-hybridized carbons (Fsp3) is 0.500. The third-order valence-corrected chi connectivity index (χ3v) is 9.87. The van der Waals surface area contributed by atoms with Crippen LogP contribution in [0, 0.1) is 6.92 Å². The quantitative estimate of drug-likeness (QED) is 0.514. The predicted molar refractivity (Wildman–Crippen MR) is 107 cm³/mol. The van der Waals surface area contributed by atoms with Crippen molar-refractivity contribution < 1.29 is 4.57 Å². The van der Waals surface area contributed by atoms with E-state index in [0.29, 0.717) is 0 Å². The van der Waals surface area contributed by atoms with Crippen LogP contribution in [0.25, 0.3) is 11.3 Å². The fourth-order valence-corrected chi connectivity index (χ4v) is 6.38. The first-order valence-corrected chi connectivity index (χ1v) is 16.8. The molecule has 1 nitrogen and oxygen atoms in total. The van der Waals surface area contributed by atoms with Crippen LogP contribution in [0.3, 0.4) is 0 Å². The van der Waals surface area contributed by atoms with E-state index in [2.05, 4.69) is 72.3 Å². The van der Waals surface area contributed by atoms with Gasteiger partial charge in [0.2, 0.25) is 0 Å². The molecule has 0 N–H and O–H groups in total. The van der Waals surface area contributed by atoms with E-state index in [1.54, 1.807) is 9.96 Å². The van der Waals surface area contributed by atoms with Crippen LogP contribution in [-0.2, 0) is 7.05 Å². The van der Waals surface area contributed by atoms with Gasteiger partial charge in [-0.2, -0.15) is 0 Å². The van der Waals surface area contributed by atoms with Gasteiger partial charge in [-0.3, -0.25) is 0 Å². The first-order chi connectivity index (χ1) is 11.4. The van der Waals surface area contributed by atoms with Gasteiger partial charge in [-0.05, 0) is 0 Å². The summed E-state index contributed by atoms with van der Waals surface area (Å²) >= 11 is -1.77. The zero-order valence-electron chi connectivity index (χ0n) is 16.0. The van der Waals surface area contributed by atoms with E-state index in [1.165, 1.54) is 48.9 Å². The molecule has 0 unspecified atom stereocenters. The number of benzene rings is 1. The number of pyridine rings is 1. The van der Waals surface area contributed by atoms with Gasteiger partial charge in [-0.25, -0.2) is 0 Å². The second kappa shape index (κ2) is 7.03. The number of aromatic nitrogens is 1. The molecule has 0 saturated heterocycles. The van der Waals surface area contributed by atoms with Crippen LogP contribution < -0.4 is 8.96 Å². The first kappa shape index (κ1) is 17.7. The summed E-state index contributed by atoms with van der Waals surface area (Å²) in [5.41, 5.74) is 5.69. The third-order valence-electron chi connectivity index (χ3n) is 5.61. The molecule has 1 aliphatic carbocycles. The standard InChI is InChI=1S/C22H32GeN/c1-17-11-12-19(18-9-7-6-8-10-18)15-21(17)22-14-13-20(16-24(22)5)23(2,3)4/h11-16,18H,6-10H2,1-5H3/q+1. The van der Waals surface area contributed by atoms with E-state index >= 15 is 0 Å². The van der Waals surface area contributed by atoms with E-state index < -0.39 is 13.3 Å². The second-order valence-electron chi connectivity index (χ2n) is 8.57. The monoisotopic (exact) mass is 384 g/mol. The SMILES string of the molecule is Cc1ccc(C2CCCCC2)cc1-c1cc[c]([Ge]([CH3])([CH3])[CH3])c[n+]1C. The Morgan fingerprint density at radius 2 is 1.67 bits per heavy atom. The van der Waals surface area contributed by atoms with E-state index in [1.807, 2.05) is 0 Å². The number of nitrogens with zero attached hydrogens (tertiary/aromatic N) is 1. The summed E-state index contributed by atoms with van der Waals surface area (Å²) in [6.07, 6.45) is 9.32. The van der Waals surface area contributed by atoms with Crippen molar-refractivity contribution in [1.82, 2.24) is 0 Å². The van der Waals surface area contributed by atoms with Crippen LogP contribution in [0.4, 0.5) is 0 Å². The van der Waals surface area contributed by atoms with Gasteiger partial charge in [0.25, 0.3) is 0 Å². The molecule has 24 heavy (non-hydrogen) atoms. The Morgan fingerprint density at radius 1 is 0.958 bits per heavy atom. The molecule has 0 amide bonds. The van der Waals surface area contributed by atoms with Crippen LogP contribution in [0.2, 0.25) is 17.3 Å². The van der Waals surface area contributed by atoms with Gasteiger partial charge in [-0.1, -0.05) is 0 Å². The maximum atomic E-state index is 2.47. The number of hydrogen-bond acceptors (Lipinski definition) is 0. The number of hydrogen-bond donors (Lipinski definition) is 0. The summed E-state index contributed by atoms with van der Waals surface area (Å²) in [4.78, 5) is 0. The van der Waals surface area contributed by atoms with Crippen molar-refractivity contribution in [2.24, 2.45) is 7.05 Å². The van der Waals surface area contributed by atoms with E-state index in [4.69, 9.17) is 0 Å². The van der Waals surface area contributed by atoms with Gasteiger partial charge >= 0.3 is 150 Å². The molecule has 0 radical (unpaired) electrons. The summed E-state index contributed by atoms with van der Waals surface area (Å²) in [6, 6.07) is 11.9. The van der Waals surface area contributed by atoms with Crippen LogP contribution in [0.5, 0.6) is 0 Å². The maximum absolute atomic E-state index is 2.47. The molecule has 1 aromatic carbocycles. The molecule has 0 spiro atoms. The van der Waals surface area contributed by atoms with Crippen molar-refractivity contribution in [2.45, 2.75) is 62.2 Å². The van der Waals surface area contributed by atoms with Crippen LogP contribution in [-0.4, -0.2) is 13.3 Å². The minimum absolute atomic E-state index is 0.771. The van der Waals surface area contributed by atoms with Gasteiger partial charge in [0.15, 0.2) is 0 Å². The Labute approximate surface area is 150 Å². The molecular formula is C22H32GeN+. The third kappa shape index (κ3) is 3.77. The van der Waals surface area contributed by atoms with Crippen LogP contribution >= 0.6 is 0 Å². The number of aryl methyl sites for hydroxylation is 2. The molecule has 2 heteroatoms. The molecular weight excluding hydrogens is 351 g/mol. The van der Waals surface area contributed by atoms with Gasteiger partial charge in [0.1, 0.15) is 0 Å². The van der Waals surface area contributed by atoms with Crippen molar-refractivity contribution >= 4 is 17.7 Å². The van der Waals surface area contributed by atoms with Crippen LogP contribution in [0.15, 0.2) is 36.5 Å². The normalized spacial score (nSPS) is 16.4. The Bertz CT molecular complexity index is 721. The zero-order chi connectivity index (χ0) is 17.3. The Balaban J connectivity index is 1.99. The van der Waals surface area contributed by atoms with E-state index in [0.717, 1.165) is 5.92 Å². The van der Waals surface area contributed by atoms with Crippen molar-refractivity contribution in [3.8, 4) is 11.3 Å². The Kier molecular flexibility index (Phi) is 5.20. The van der Waals surface area contributed by atoms with Crippen molar-refractivity contribution in [2.75, 3.05) is 0 Å². The van der Waals surface area contributed by atoms with Gasteiger partial charge in [0.05, 0.1) is 0 Å². The average Bonchev–Trinajstić information content (AvgIpc) is 2.55. The average molecular weight is 383 g/mol. The van der Waals surface area contributed by atoms with Gasteiger partial charge in [0, 0.05) is 0 Å². The minimum atomic E-state index is -1.77. The van der Waals surface area contributed by atoms with Crippen molar-refractivity contribution in [3.05, 3.63) is 47.7 Å². The molecule has 2 aromatic rings. The molecule has 1 aliphatic rings. The summed E-state index contributed by atoms with van der Waals surface area (Å²) in [5.74, 6) is 8.16. The molecule has 1 aromatic heterocycles. The summed E-state index contributed by atoms with van der Waals surface area (Å²) in [5, 5.41) is 0. The molecule has 128 valence electrons. The molecule has 0 bridgehead atoms. The first-order valence-electron chi connectivity index (χ1n) is 9.47. The molecule has 3 rings (SSSR count). The Morgan fingerprint density at radius 3 is 2.29 bits per heavy atom. The molecule has 0 atom stereocenters. The van der Waals surface area contributed by atoms with Crippen molar-refractivity contribution in [3.63, 3.8) is 0 Å². The summed E-state index contributed by atoms with van der Waals surface area (Å²) < 4.78 is 3.92. The molecule has 1 heterocycles. The van der Waals surface area contributed by atoms with Gasteiger partial charge < -0.3 is 0 Å². The molecule has 1 saturated carbocycles. The molecule has 0 aliphatic heterocycles. The number of rotatable bonds is 3. The topological polar surface area (TPSA) is 3.88 Å². The predicted octanol–water partition coefficient (Wildman–Crippen LogP) is 5.08. The van der Waals surface area contributed by atoms with E-state index in [-0.39, 0.29) is 0 Å². The van der Waals surface area contributed by atoms with Crippen LogP contribution in [0.1, 0.15) is 49.1 Å². The Hall–Kier alpha value is -1.09. The second-order valence-corrected chi connectivity index (χ2v) is 19.2. The zero-order valence-corrected chi connectivity index (χ0v) is 18.1. The summed E-state index contributed by atoms with van der Waals surface area (Å²) in [6.45, 7) is 2.25. The van der Waals surface area contributed by atoms with Gasteiger partial charge in [-0.15, -0.1) is 0 Å². The fourth-order valence-electron chi connectivity index (χ4n) is 3.94. The van der Waals surface area contributed by atoms with E-state index in [9.17, 15) is 0 Å². The molecule has 1 fully saturated rings. The van der Waals surface area contributed by atoms with Crippen molar-refractivity contribution in [1.29, 1.82) is 0 Å².